The van der Waals surface area contributed by atoms with E-state index >= 15 is 0 Å². The third-order valence-electron chi connectivity index (χ3n) is 3.96. The van der Waals surface area contributed by atoms with Crippen LogP contribution in [0.4, 0.5) is 17.6 Å². The Bertz CT molecular complexity index is 936. The summed E-state index contributed by atoms with van der Waals surface area (Å²) in [5.41, 5.74) is 2.35. The van der Waals surface area contributed by atoms with Gasteiger partial charge < -0.3 is 10.1 Å². The van der Waals surface area contributed by atoms with Crippen molar-refractivity contribution in [2.75, 3.05) is 6.61 Å². The van der Waals surface area contributed by atoms with Gasteiger partial charge in [-0.3, -0.25) is 14.6 Å². The predicted molar refractivity (Wildman–Crippen MR) is 99.9 cm³/mol. The van der Waals surface area contributed by atoms with Crippen LogP contribution in [-0.2, 0) is 17.8 Å². The van der Waals surface area contributed by atoms with Gasteiger partial charge in [-0.15, -0.1) is 0 Å². The molecule has 0 saturated carbocycles. The molecule has 0 saturated heterocycles. The minimum Gasteiger partial charge on any atom is -0.471 e. The highest BCUT2D eigenvalue weighted by Gasteiger charge is 2.42. The fourth-order valence-corrected chi connectivity index (χ4v) is 2.59. The second-order valence-corrected chi connectivity index (χ2v) is 6.87. The summed E-state index contributed by atoms with van der Waals surface area (Å²) < 4.78 is 55.0. The minimum atomic E-state index is -4.27. The molecule has 0 bridgehead atoms. The first-order chi connectivity index (χ1) is 14.0. The molecule has 0 aliphatic heterocycles. The number of pyridine rings is 2. The molecule has 30 heavy (non-hydrogen) atoms. The molecule has 10 heteroatoms. The van der Waals surface area contributed by atoms with Crippen LogP contribution in [0.5, 0.6) is 5.88 Å². The maximum absolute atomic E-state index is 13.0. The molecule has 0 radical (unpaired) electrons. The Kier molecular flexibility index (Phi) is 7.47. The van der Waals surface area contributed by atoms with Gasteiger partial charge in [0, 0.05) is 41.7 Å². The first kappa shape index (κ1) is 23.2. The molecule has 6 nitrogen and oxygen atoms in total. The van der Waals surface area contributed by atoms with Crippen molar-refractivity contribution in [2.24, 2.45) is 0 Å². The molecule has 2 aromatic rings. The highest BCUT2D eigenvalue weighted by Crippen LogP contribution is 2.25. The average Bonchev–Trinajstić information content (AvgIpc) is 2.64. The third kappa shape index (κ3) is 6.50. The largest absolute Gasteiger partial charge is 0.471 e. The molecular weight excluding hydrogens is 406 g/mol. The van der Waals surface area contributed by atoms with Crippen LogP contribution < -0.4 is 10.1 Å². The van der Waals surface area contributed by atoms with Crippen molar-refractivity contribution >= 4 is 11.7 Å². The van der Waals surface area contributed by atoms with Gasteiger partial charge in [0.05, 0.1) is 0 Å². The van der Waals surface area contributed by atoms with E-state index in [0.717, 1.165) is 0 Å². The molecule has 0 atom stereocenters. The van der Waals surface area contributed by atoms with Gasteiger partial charge in [0.15, 0.2) is 6.61 Å². The van der Waals surface area contributed by atoms with Gasteiger partial charge in [-0.2, -0.15) is 8.78 Å². The zero-order valence-electron chi connectivity index (χ0n) is 16.6. The van der Waals surface area contributed by atoms with Crippen molar-refractivity contribution in [2.45, 2.75) is 46.1 Å². The van der Waals surface area contributed by atoms with E-state index in [1.165, 1.54) is 26.1 Å². The van der Waals surface area contributed by atoms with E-state index < -0.39 is 19.0 Å². The quantitative estimate of drug-likeness (QED) is 0.620. The molecule has 2 aromatic heterocycles. The van der Waals surface area contributed by atoms with E-state index in [9.17, 15) is 27.2 Å². The highest BCUT2D eigenvalue weighted by atomic mass is 19.3. The van der Waals surface area contributed by atoms with Gasteiger partial charge >= 0.3 is 12.3 Å². The number of hydrogen-bond acceptors (Lipinski definition) is 5. The SMILES string of the molecule is CC(=O)Cc1cc(C(=O)NCc2cnc(OCC(F)(F)C(F)F)c(C)c2)cc(C)n1. The second-order valence-electron chi connectivity index (χ2n) is 6.87. The van der Waals surface area contributed by atoms with Crippen LogP contribution in [0.25, 0.3) is 0 Å². The van der Waals surface area contributed by atoms with Crippen molar-refractivity contribution in [1.29, 1.82) is 0 Å². The maximum atomic E-state index is 13.0. The molecule has 0 spiro atoms. The van der Waals surface area contributed by atoms with Crippen LogP contribution in [0, 0.1) is 13.8 Å². The average molecular weight is 427 g/mol. The molecule has 2 rings (SSSR count). The Morgan fingerprint density at radius 1 is 1.20 bits per heavy atom. The van der Waals surface area contributed by atoms with Crippen molar-refractivity contribution in [3.05, 3.63) is 52.5 Å². The highest BCUT2D eigenvalue weighted by molar-refractivity contribution is 5.94. The number of nitrogens with one attached hydrogen (secondary N) is 1. The lowest BCUT2D eigenvalue weighted by Gasteiger charge is -2.16. The molecule has 0 aliphatic rings. The number of ether oxygens (including phenoxy) is 1. The molecule has 0 fully saturated rings. The van der Waals surface area contributed by atoms with Crippen LogP contribution in [0.15, 0.2) is 24.4 Å². The topological polar surface area (TPSA) is 81.2 Å². The van der Waals surface area contributed by atoms with Crippen LogP contribution in [0.2, 0.25) is 0 Å². The van der Waals surface area contributed by atoms with Crippen molar-refractivity contribution < 1.29 is 31.9 Å². The summed E-state index contributed by atoms with van der Waals surface area (Å²) >= 11 is 0. The second kappa shape index (κ2) is 9.64. The first-order valence-corrected chi connectivity index (χ1v) is 8.97. The summed E-state index contributed by atoms with van der Waals surface area (Å²) in [6.07, 6.45) is -2.42. The van der Waals surface area contributed by atoms with Gasteiger partial charge in [-0.05, 0) is 44.5 Å². The fourth-order valence-electron chi connectivity index (χ4n) is 2.59. The third-order valence-corrected chi connectivity index (χ3v) is 3.96. The molecule has 0 unspecified atom stereocenters. The first-order valence-electron chi connectivity index (χ1n) is 8.97. The Hall–Kier alpha value is -3.04. The predicted octanol–water partition coefficient (Wildman–Crippen LogP) is 3.43. The molecule has 2 heterocycles. The van der Waals surface area contributed by atoms with E-state index in [2.05, 4.69) is 15.3 Å². The number of ketones is 1. The summed E-state index contributed by atoms with van der Waals surface area (Å²) in [6, 6.07) is 4.66. The van der Waals surface area contributed by atoms with E-state index in [4.69, 9.17) is 4.74 Å². The van der Waals surface area contributed by atoms with E-state index in [1.54, 1.807) is 19.1 Å². The number of hydrogen-bond donors (Lipinski definition) is 1. The number of aromatic nitrogens is 2. The zero-order valence-corrected chi connectivity index (χ0v) is 16.6. The number of amides is 1. The van der Waals surface area contributed by atoms with E-state index in [-0.39, 0.29) is 30.5 Å². The van der Waals surface area contributed by atoms with Gasteiger partial charge in [-0.1, -0.05) is 0 Å². The smallest absolute Gasteiger partial charge is 0.340 e. The molecule has 162 valence electrons. The molecule has 1 N–H and O–H groups in total. The van der Waals surface area contributed by atoms with Crippen LogP contribution in [-0.4, -0.2) is 40.6 Å². The fraction of sp³-hybridized carbons (Fsp3) is 0.400. The summed E-state index contributed by atoms with van der Waals surface area (Å²) in [4.78, 5) is 31.8. The Labute approximate surface area is 170 Å². The summed E-state index contributed by atoms with van der Waals surface area (Å²) in [5, 5.41) is 2.69. The van der Waals surface area contributed by atoms with E-state index in [0.29, 0.717) is 28.1 Å². The number of nitrogens with zero attached hydrogens (tertiary/aromatic N) is 2. The minimum absolute atomic E-state index is 0.0744. The lowest BCUT2D eigenvalue weighted by Crippen LogP contribution is -2.34. The van der Waals surface area contributed by atoms with Gasteiger partial charge in [0.2, 0.25) is 5.88 Å². The Morgan fingerprint density at radius 2 is 1.90 bits per heavy atom. The van der Waals surface area contributed by atoms with Crippen LogP contribution in [0.1, 0.15) is 39.8 Å². The summed E-state index contributed by atoms with van der Waals surface area (Å²) in [7, 11) is 0. The number of Topliss-reactive ketones (excluding diaryl/α,β-unsaturated/α-hetero) is 1. The van der Waals surface area contributed by atoms with Crippen molar-refractivity contribution in [3.63, 3.8) is 0 Å². The van der Waals surface area contributed by atoms with Crippen molar-refractivity contribution in [1.82, 2.24) is 15.3 Å². The molecule has 0 aliphatic carbocycles. The lowest BCUT2D eigenvalue weighted by atomic mass is 10.1. The van der Waals surface area contributed by atoms with Crippen molar-refractivity contribution in [3.8, 4) is 5.88 Å². The molecule has 1 amide bonds. The van der Waals surface area contributed by atoms with Crippen LogP contribution >= 0.6 is 0 Å². The Morgan fingerprint density at radius 3 is 2.50 bits per heavy atom. The lowest BCUT2D eigenvalue weighted by molar-refractivity contribution is -0.148. The van der Waals surface area contributed by atoms with Crippen LogP contribution in [0.3, 0.4) is 0 Å². The zero-order chi connectivity index (χ0) is 22.5. The summed E-state index contributed by atoms with van der Waals surface area (Å²) in [6.45, 7) is 3.27. The number of aryl methyl sites for hydroxylation is 2. The van der Waals surface area contributed by atoms with Gasteiger partial charge in [0.1, 0.15) is 5.78 Å². The number of carbonyl (C=O) groups excluding carboxylic acids is 2. The van der Waals surface area contributed by atoms with E-state index in [1.807, 2.05) is 0 Å². The Balaban J connectivity index is 2.01. The van der Waals surface area contributed by atoms with Gasteiger partial charge in [-0.25, -0.2) is 13.8 Å². The monoisotopic (exact) mass is 427 g/mol. The number of halogens is 4. The number of carbonyl (C=O) groups is 2. The molecule has 0 aromatic carbocycles. The molecular formula is C20H21F4N3O3. The summed E-state index contributed by atoms with van der Waals surface area (Å²) in [5.74, 6) is -4.93. The maximum Gasteiger partial charge on any atom is 0.340 e. The number of rotatable bonds is 9. The number of alkyl halides is 4. The standard InChI is InChI=1S/C20H21F4N3O3/c1-11-4-14(9-26-18(11)30-10-20(23,24)19(21)22)8-25-17(29)15-5-12(2)27-16(7-15)6-13(3)28/h4-5,7,9,19H,6,8,10H2,1-3H3,(H,25,29). The normalized spacial score (nSPS) is 11.5. The van der Waals surface area contributed by atoms with Gasteiger partial charge in [0.25, 0.3) is 5.91 Å².